The molecule has 3 heterocycles. The molecule has 1 amide bonds. The molecule has 1 saturated heterocycles. The molecule has 3 aliphatic heterocycles. The van der Waals surface area contributed by atoms with E-state index in [1.807, 2.05) is 18.2 Å². The summed E-state index contributed by atoms with van der Waals surface area (Å²) in [4.78, 5) is 17.1. The molecule has 4 aliphatic rings. The molecular weight excluding hydrogens is 649 g/mol. The number of hydrogen-bond donors (Lipinski definition) is 0. The van der Waals surface area contributed by atoms with Crippen molar-refractivity contribution in [1.82, 2.24) is 9.21 Å². The van der Waals surface area contributed by atoms with Gasteiger partial charge in [0.25, 0.3) is 0 Å². The fraction of sp³-hybridized carbons (Fsp3) is 0.625. The highest BCUT2D eigenvalue weighted by Crippen LogP contribution is 2.54. The van der Waals surface area contributed by atoms with Gasteiger partial charge in [0.05, 0.1) is 12.0 Å². The van der Waals surface area contributed by atoms with Gasteiger partial charge in [0.1, 0.15) is 5.75 Å². The Morgan fingerprint density at radius 2 is 1.59 bits per heavy atom. The molecule has 1 unspecified atom stereocenters. The monoisotopic (exact) mass is 708 g/mol. The van der Waals surface area contributed by atoms with Crippen molar-refractivity contribution in [3.05, 3.63) is 72.3 Å². The first-order valence-electron chi connectivity index (χ1n) is 18.5. The Morgan fingerprint density at radius 3 is 2.29 bits per heavy atom. The molecule has 2 aromatic carbocycles. The highest BCUT2D eigenvalue weighted by molar-refractivity contribution is 7.89. The topological polar surface area (TPSA) is 76.2 Å². The second-order valence-corrected chi connectivity index (χ2v) is 23.1. The van der Waals surface area contributed by atoms with Crippen molar-refractivity contribution >= 4 is 24.2 Å². The number of fused-ring (bicyclic) bond motifs is 12. The molecule has 0 aromatic heterocycles. The van der Waals surface area contributed by atoms with Crippen LogP contribution in [0.3, 0.4) is 0 Å². The van der Waals surface area contributed by atoms with Crippen LogP contribution in [0.2, 0.25) is 18.1 Å². The molecule has 7 nitrogen and oxygen atoms in total. The second kappa shape index (κ2) is 15.8. The van der Waals surface area contributed by atoms with Crippen LogP contribution in [0.15, 0.2) is 71.6 Å². The van der Waals surface area contributed by atoms with Gasteiger partial charge < -0.3 is 14.1 Å². The van der Waals surface area contributed by atoms with Crippen molar-refractivity contribution in [1.29, 1.82) is 0 Å². The third-order valence-electron chi connectivity index (χ3n) is 11.9. The first kappa shape index (κ1) is 37.8. The van der Waals surface area contributed by atoms with E-state index in [-0.39, 0.29) is 34.3 Å². The van der Waals surface area contributed by atoms with Gasteiger partial charge in [0.2, 0.25) is 15.9 Å². The molecule has 6 rings (SSSR count). The summed E-state index contributed by atoms with van der Waals surface area (Å²) >= 11 is 0. The van der Waals surface area contributed by atoms with E-state index in [2.05, 4.69) is 63.0 Å². The Labute approximate surface area is 297 Å². The van der Waals surface area contributed by atoms with Crippen LogP contribution < -0.4 is 4.74 Å². The lowest BCUT2D eigenvalue weighted by molar-refractivity contribution is -0.161. The van der Waals surface area contributed by atoms with Crippen LogP contribution >= 0.6 is 0 Å². The van der Waals surface area contributed by atoms with Gasteiger partial charge >= 0.3 is 0 Å². The average Bonchev–Trinajstić information content (AvgIpc) is 3.06. The molecule has 3 bridgehead atoms. The summed E-state index contributed by atoms with van der Waals surface area (Å²) in [5.74, 6) is 0.737. The summed E-state index contributed by atoms with van der Waals surface area (Å²) in [6.07, 6.45) is 14.1. The maximum absolute atomic E-state index is 14.7. The van der Waals surface area contributed by atoms with Gasteiger partial charge in [-0.05, 0) is 104 Å². The number of likely N-dealkylation sites (tertiary alicyclic amines) is 1. The predicted octanol–water partition coefficient (Wildman–Crippen LogP) is 8.82. The van der Waals surface area contributed by atoms with Gasteiger partial charge in [-0.3, -0.25) is 4.79 Å². The average molecular weight is 709 g/mol. The fourth-order valence-corrected chi connectivity index (χ4v) is 10.9. The molecule has 9 heteroatoms. The zero-order chi connectivity index (χ0) is 35.3. The number of sulfonamides is 1. The molecule has 2 fully saturated rings. The Morgan fingerprint density at radius 1 is 0.898 bits per heavy atom. The number of carbonyl (C=O) groups excluding carboxylic acids is 1. The van der Waals surface area contributed by atoms with Crippen LogP contribution in [0.1, 0.15) is 90.5 Å². The van der Waals surface area contributed by atoms with Crippen LogP contribution in [-0.4, -0.2) is 64.7 Å². The van der Waals surface area contributed by atoms with Crippen molar-refractivity contribution in [2.75, 3.05) is 26.7 Å². The van der Waals surface area contributed by atoms with Gasteiger partial charge in [-0.25, -0.2) is 8.42 Å². The number of hydrogen-bond acceptors (Lipinski definition) is 5. The Bertz CT molecular complexity index is 1520. The predicted molar refractivity (Wildman–Crippen MR) is 200 cm³/mol. The number of carbonyl (C=O) groups is 1. The van der Waals surface area contributed by atoms with Crippen molar-refractivity contribution in [3.63, 3.8) is 0 Å². The fourth-order valence-electron chi connectivity index (χ4n) is 8.05. The lowest BCUT2D eigenvalue weighted by atomic mass is 9.58. The van der Waals surface area contributed by atoms with Crippen molar-refractivity contribution in [3.8, 4) is 5.75 Å². The number of nitrogens with zero attached hydrogens (tertiary/aromatic N) is 2. The van der Waals surface area contributed by atoms with E-state index in [1.165, 1.54) is 12.8 Å². The first-order chi connectivity index (χ1) is 23.2. The molecule has 2 aromatic rings. The lowest BCUT2D eigenvalue weighted by Gasteiger charge is -2.56. The van der Waals surface area contributed by atoms with Crippen molar-refractivity contribution in [2.24, 2.45) is 17.3 Å². The summed E-state index contributed by atoms with van der Waals surface area (Å²) in [7, 11) is -4.25. The number of methoxy groups -OCH3 is 1. The molecule has 1 spiro atoms. The molecule has 49 heavy (non-hydrogen) atoms. The van der Waals surface area contributed by atoms with Gasteiger partial charge in [-0.1, -0.05) is 82.5 Å². The zero-order valence-corrected chi connectivity index (χ0v) is 32.6. The van der Waals surface area contributed by atoms with E-state index in [1.54, 1.807) is 35.7 Å². The Hall–Kier alpha value is -2.46. The quantitative estimate of drug-likeness (QED) is 0.212. The SMILES string of the molecule is COc1ccc(CN2C[C@@]34CCCCCC/C=C\CCN(S(=O)(=O)c5ccccc5)CC[C@@H](C(O[Si](C)(C)C(C)(C)C)C3)[C@H](C4)C2=O)cc1. The summed E-state index contributed by atoms with van der Waals surface area (Å²) in [6, 6.07) is 16.9. The van der Waals surface area contributed by atoms with Crippen LogP contribution in [0.25, 0.3) is 0 Å². The number of ether oxygens (including phenoxy) is 1. The highest BCUT2D eigenvalue weighted by atomic mass is 32.2. The van der Waals surface area contributed by atoms with Crippen molar-refractivity contribution in [2.45, 2.75) is 121 Å². The van der Waals surface area contributed by atoms with Gasteiger partial charge in [0, 0.05) is 38.2 Å². The smallest absolute Gasteiger partial charge is 0.243 e. The second-order valence-electron chi connectivity index (χ2n) is 16.4. The molecule has 270 valence electrons. The normalized spacial score (nSPS) is 27.4. The van der Waals surface area contributed by atoms with E-state index < -0.39 is 18.3 Å². The van der Waals surface area contributed by atoms with Gasteiger partial charge in [-0.2, -0.15) is 4.31 Å². The van der Waals surface area contributed by atoms with Crippen LogP contribution in [0, 0.1) is 17.3 Å². The Balaban J connectivity index is 1.52. The number of amides is 1. The van der Waals surface area contributed by atoms with Crippen LogP contribution in [0.4, 0.5) is 0 Å². The van der Waals surface area contributed by atoms with E-state index in [0.29, 0.717) is 37.4 Å². The number of benzene rings is 2. The van der Waals surface area contributed by atoms with E-state index in [9.17, 15) is 13.2 Å². The number of piperidine rings is 1. The molecule has 0 radical (unpaired) electrons. The maximum atomic E-state index is 14.7. The first-order valence-corrected chi connectivity index (χ1v) is 22.9. The third-order valence-corrected chi connectivity index (χ3v) is 18.3. The standard InChI is InChI=1S/C40H60N2O5SSi/c1-39(2,3)49(5,6)47-37-29-40-25-16-11-9-7-8-10-12-17-26-42(48(44,45)34-18-14-13-15-19-34)27-24-35(37)36(28-40)38(43)41(31-40)30-32-20-22-33(46-4)23-21-32/h10,12-15,18-23,35-37H,7-9,11,16-17,24-31H2,1-6H3/b12-10-/t35-,36+,37?,40-/m1/s1. The largest absolute Gasteiger partial charge is 0.497 e. The number of rotatable bonds is 7. The third kappa shape index (κ3) is 9.07. The van der Waals surface area contributed by atoms with Gasteiger partial charge in [-0.15, -0.1) is 0 Å². The minimum Gasteiger partial charge on any atom is -0.497 e. The maximum Gasteiger partial charge on any atom is 0.243 e. The summed E-state index contributed by atoms with van der Waals surface area (Å²) in [6.45, 7) is 13.6. The zero-order valence-electron chi connectivity index (χ0n) is 30.8. The van der Waals surface area contributed by atoms with Crippen molar-refractivity contribution < 1.29 is 22.4 Å². The number of allylic oxidation sites excluding steroid dienone is 1. The summed E-state index contributed by atoms with van der Waals surface area (Å²) in [5, 5.41) is 0.0198. The minimum absolute atomic E-state index is 0.0156. The van der Waals surface area contributed by atoms with Gasteiger partial charge in [0.15, 0.2) is 8.32 Å². The highest BCUT2D eigenvalue weighted by Gasteiger charge is 2.55. The minimum atomic E-state index is -3.71. The lowest BCUT2D eigenvalue weighted by Crippen LogP contribution is -2.61. The molecular formula is C40H60N2O5SSi. The Kier molecular flexibility index (Phi) is 12.2. The van der Waals surface area contributed by atoms with E-state index in [0.717, 1.165) is 56.4 Å². The van der Waals surface area contributed by atoms with E-state index >= 15 is 0 Å². The molecule has 1 aliphatic carbocycles. The van der Waals surface area contributed by atoms with Crippen LogP contribution in [0.5, 0.6) is 5.75 Å². The van der Waals surface area contributed by atoms with Crippen LogP contribution in [-0.2, 0) is 25.8 Å². The molecule has 0 N–H and O–H groups in total. The summed E-state index contributed by atoms with van der Waals surface area (Å²) < 4.78 is 42.6. The van der Waals surface area contributed by atoms with E-state index in [4.69, 9.17) is 9.16 Å². The molecule has 4 atom stereocenters. The molecule has 1 saturated carbocycles. The summed E-state index contributed by atoms with van der Waals surface area (Å²) in [5.41, 5.74) is 1.08.